The first-order chi connectivity index (χ1) is 9.22. The molecule has 0 saturated carbocycles. The van der Waals surface area contributed by atoms with Crippen LogP contribution in [0, 0.1) is 0 Å². The van der Waals surface area contributed by atoms with Gasteiger partial charge in [-0.15, -0.1) is 0 Å². The van der Waals surface area contributed by atoms with E-state index in [0.29, 0.717) is 5.92 Å². The summed E-state index contributed by atoms with van der Waals surface area (Å²) in [4.78, 5) is 0. The predicted molar refractivity (Wildman–Crippen MR) is 77.0 cm³/mol. The second kappa shape index (κ2) is 4.89. The lowest BCUT2D eigenvalue weighted by atomic mass is 9.78. The molecule has 4 heteroatoms. The third-order valence-electron chi connectivity index (χ3n) is 3.97. The number of aromatic nitrogens is 1. The third kappa shape index (κ3) is 2.02. The highest BCUT2D eigenvalue weighted by atomic mass is 35.5. The highest BCUT2D eigenvalue weighted by molar-refractivity contribution is 6.31. The zero-order valence-electron chi connectivity index (χ0n) is 11.1. The van der Waals surface area contributed by atoms with Crippen molar-refractivity contribution in [2.45, 2.75) is 31.6 Å². The van der Waals surface area contributed by atoms with E-state index in [0.717, 1.165) is 35.0 Å². The Kier molecular flexibility index (Phi) is 3.23. The summed E-state index contributed by atoms with van der Waals surface area (Å²) in [6, 6.07) is 8.01. The number of nitrogens with zero attached hydrogens (tertiary/aromatic N) is 1. The van der Waals surface area contributed by atoms with E-state index in [9.17, 15) is 0 Å². The zero-order chi connectivity index (χ0) is 13.4. The fraction of sp³-hybridized carbons (Fsp3) is 0.400. The number of fused-ring (bicyclic) bond motifs is 1. The number of anilines is 1. The summed E-state index contributed by atoms with van der Waals surface area (Å²) in [5.41, 5.74) is 3.39. The maximum Gasteiger partial charge on any atom is 0.228 e. The average molecular weight is 277 g/mol. The lowest BCUT2D eigenvalue weighted by Crippen LogP contribution is -2.14. The van der Waals surface area contributed by atoms with Crippen molar-refractivity contribution in [3.05, 3.63) is 46.1 Å². The molecule has 1 aromatic carbocycles. The Bertz CT molecular complexity index is 594. The van der Waals surface area contributed by atoms with Gasteiger partial charge in [0.05, 0.1) is 5.69 Å². The van der Waals surface area contributed by atoms with Gasteiger partial charge in [0.25, 0.3) is 0 Å². The Balaban J connectivity index is 2.10. The van der Waals surface area contributed by atoms with Gasteiger partial charge < -0.3 is 9.84 Å². The van der Waals surface area contributed by atoms with E-state index in [1.54, 1.807) is 0 Å². The molecule has 0 aliphatic heterocycles. The van der Waals surface area contributed by atoms with Crippen LogP contribution in [0.15, 0.2) is 28.8 Å². The van der Waals surface area contributed by atoms with Gasteiger partial charge in [0.2, 0.25) is 5.88 Å². The smallest absolute Gasteiger partial charge is 0.228 e. The van der Waals surface area contributed by atoms with Gasteiger partial charge in [0, 0.05) is 23.6 Å². The first kappa shape index (κ1) is 12.5. The average Bonchev–Trinajstić information content (AvgIpc) is 2.85. The van der Waals surface area contributed by atoms with Crippen LogP contribution in [0.3, 0.4) is 0 Å². The first-order valence-electron chi connectivity index (χ1n) is 6.64. The molecule has 0 radical (unpaired) electrons. The van der Waals surface area contributed by atoms with Gasteiger partial charge in [-0.2, -0.15) is 0 Å². The summed E-state index contributed by atoms with van der Waals surface area (Å²) in [6.07, 6.45) is 2.19. The van der Waals surface area contributed by atoms with Gasteiger partial charge in [-0.25, -0.2) is 0 Å². The fourth-order valence-corrected chi connectivity index (χ4v) is 3.24. The number of halogens is 1. The number of hydrogen-bond donors (Lipinski definition) is 1. The topological polar surface area (TPSA) is 38.1 Å². The maximum absolute atomic E-state index is 6.33. The quantitative estimate of drug-likeness (QED) is 0.883. The molecule has 3 rings (SSSR count). The second-order valence-electron chi connectivity index (χ2n) is 5.11. The molecule has 1 N–H and O–H groups in total. The SMILES string of the molecule is CNc1onc2c1C(C)CCC2c1ccccc1Cl. The fourth-order valence-electron chi connectivity index (χ4n) is 2.98. The van der Waals surface area contributed by atoms with E-state index in [2.05, 4.69) is 23.5 Å². The molecule has 2 unspecified atom stereocenters. The summed E-state index contributed by atoms with van der Waals surface area (Å²) < 4.78 is 5.42. The van der Waals surface area contributed by atoms with E-state index in [1.807, 2.05) is 25.2 Å². The molecule has 0 amide bonds. The van der Waals surface area contributed by atoms with E-state index in [-0.39, 0.29) is 5.92 Å². The number of benzene rings is 1. The van der Waals surface area contributed by atoms with Crippen LogP contribution < -0.4 is 5.32 Å². The van der Waals surface area contributed by atoms with Crippen LogP contribution in [0.5, 0.6) is 0 Å². The Morgan fingerprint density at radius 2 is 2.11 bits per heavy atom. The summed E-state index contributed by atoms with van der Waals surface area (Å²) in [7, 11) is 1.87. The molecule has 1 heterocycles. The van der Waals surface area contributed by atoms with Gasteiger partial charge >= 0.3 is 0 Å². The molecule has 3 nitrogen and oxygen atoms in total. The minimum Gasteiger partial charge on any atom is -0.357 e. The van der Waals surface area contributed by atoms with Crippen molar-refractivity contribution in [2.75, 3.05) is 12.4 Å². The standard InChI is InChI=1S/C15H17ClN2O/c1-9-7-8-11(10-5-3-4-6-12(10)16)14-13(9)15(17-2)19-18-14/h3-6,9,11,17H,7-8H2,1-2H3. The Morgan fingerprint density at radius 1 is 1.32 bits per heavy atom. The normalized spacial score (nSPS) is 22.1. The van der Waals surface area contributed by atoms with Gasteiger partial charge in [-0.1, -0.05) is 41.9 Å². The number of hydrogen-bond acceptors (Lipinski definition) is 3. The third-order valence-corrected chi connectivity index (χ3v) is 4.32. The van der Waals surface area contributed by atoms with Crippen molar-refractivity contribution in [1.82, 2.24) is 5.16 Å². The lowest BCUT2D eigenvalue weighted by molar-refractivity contribution is 0.419. The largest absolute Gasteiger partial charge is 0.357 e. The Morgan fingerprint density at radius 3 is 2.84 bits per heavy atom. The molecule has 0 spiro atoms. The minimum atomic E-state index is 0.241. The second-order valence-corrected chi connectivity index (χ2v) is 5.52. The van der Waals surface area contributed by atoms with Crippen molar-refractivity contribution in [3.63, 3.8) is 0 Å². The number of nitrogens with one attached hydrogen (secondary N) is 1. The summed E-state index contributed by atoms with van der Waals surface area (Å²) >= 11 is 6.33. The molecule has 0 fully saturated rings. The molecule has 0 bridgehead atoms. The van der Waals surface area contributed by atoms with Crippen molar-refractivity contribution >= 4 is 17.5 Å². The van der Waals surface area contributed by atoms with E-state index < -0.39 is 0 Å². The van der Waals surface area contributed by atoms with E-state index >= 15 is 0 Å². The minimum absolute atomic E-state index is 0.241. The highest BCUT2D eigenvalue weighted by Gasteiger charge is 2.33. The van der Waals surface area contributed by atoms with Crippen LogP contribution in [-0.2, 0) is 0 Å². The van der Waals surface area contributed by atoms with Crippen molar-refractivity contribution in [2.24, 2.45) is 0 Å². The maximum atomic E-state index is 6.33. The molecular weight excluding hydrogens is 260 g/mol. The highest BCUT2D eigenvalue weighted by Crippen LogP contribution is 2.45. The van der Waals surface area contributed by atoms with Crippen molar-refractivity contribution < 1.29 is 4.52 Å². The van der Waals surface area contributed by atoms with Crippen LogP contribution in [0.25, 0.3) is 0 Å². The van der Waals surface area contributed by atoms with Crippen LogP contribution >= 0.6 is 11.6 Å². The van der Waals surface area contributed by atoms with Gasteiger partial charge in [-0.3, -0.25) is 0 Å². The van der Waals surface area contributed by atoms with E-state index in [1.165, 1.54) is 5.56 Å². The number of rotatable bonds is 2. The van der Waals surface area contributed by atoms with Crippen molar-refractivity contribution in [3.8, 4) is 0 Å². The molecule has 1 aliphatic rings. The Labute approximate surface area is 117 Å². The summed E-state index contributed by atoms with van der Waals surface area (Å²) in [5, 5.41) is 8.18. The van der Waals surface area contributed by atoms with Gasteiger partial charge in [0.15, 0.2) is 0 Å². The first-order valence-corrected chi connectivity index (χ1v) is 7.01. The molecule has 2 aromatic rings. The monoisotopic (exact) mass is 276 g/mol. The molecule has 1 aliphatic carbocycles. The van der Waals surface area contributed by atoms with Crippen LogP contribution in [0.1, 0.15) is 48.4 Å². The summed E-state index contributed by atoms with van der Waals surface area (Å²) in [6.45, 7) is 2.22. The van der Waals surface area contributed by atoms with Crippen LogP contribution in [-0.4, -0.2) is 12.2 Å². The molecule has 1 aromatic heterocycles. The van der Waals surface area contributed by atoms with Gasteiger partial charge in [0.1, 0.15) is 0 Å². The zero-order valence-corrected chi connectivity index (χ0v) is 11.9. The molecule has 2 atom stereocenters. The van der Waals surface area contributed by atoms with Gasteiger partial charge in [-0.05, 0) is 30.4 Å². The predicted octanol–water partition coefficient (Wildman–Crippen LogP) is 4.40. The molecular formula is C15H17ClN2O. The molecule has 19 heavy (non-hydrogen) atoms. The lowest BCUT2D eigenvalue weighted by Gasteiger charge is -2.26. The molecule has 0 saturated heterocycles. The molecule has 100 valence electrons. The van der Waals surface area contributed by atoms with E-state index in [4.69, 9.17) is 16.1 Å². The van der Waals surface area contributed by atoms with Crippen LogP contribution in [0.2, 0.25) is 5.02 Å². The Hall–Kier alpha value is -1.48. The van der Waals surface area contributed by atoms with Crippen molar-refractivity contribution in [1.29, 1.82) is 0 Å². The summed E-state index contributed by atoms with van der Waals surface area (Å²) in [5.74, 6) is 1.51. The van der Waals surface area contributed by atoms with Crippen LogP contribution in [0.4, 0.5) is 5.88 Å².